The molecule has 6 rings (SSSR count). The lowest BCUT2D eigenvalue weighted by Crippen LogP contribution is -2.64. The van der Waals surface area contributed by atoms with Crippen molar-refractivity contribution in [3.63, 3.8) is 0 Å². The maximum Gasteiger partial charge on any atom is 0.220 e. The van der Waals surface area contributed by atoms with Crippen molar-refractivity contribution in [2.75, 3.05) is 6.61 Å². The number of carbonyl (C=O) groups excluding carboxylic acids is 1. The minimum absolute atomic E-state index is 0.0174. The normalized spacial score (nSPS) is 22.3. The molecule has 1 amide bonds. The zero-order valence-electron chi connectivity index (χ0n) is 28.8. The second-order valence-electron chi connectivity index (χ2n) is 13.1. The van der Waals surface area contributed by atoms with Crippen molar-refractivity contribution in [2.45, 2.75) is 91.4 Å². The fourth-order valence-electron chi connectivity index (χ4n) is 7.09. The largest absolute Gasteiger partial charge is 0.394 e. The molecule has 11 heteroatoms. The van der Waals surface area contributed by atoms with E-state index in [4.69, 9.17) is 14.7 Å². The highest BCUT2D eigenvalue weighted by Gasteiger charge is 2.44. The summed E-state index contributed by atoms with van der Waals surface area (Å²) in [7, 11) is 0. The highest BCUT2D eigenvalue weighted by atomic mass is 16.6. The van der Waals surface area contributed by atoms with E-state index in [0.717, 1.165) is 84.7 Å². The Labute approximate surface area is 285 Å². The topological polar surface area (TPSA) is 177 Å². The molecule has 7 N–H and O–H groups in total. The number of ether oxygens (including phenoxy) is 1. The highest BCUT2D eigenvalue weighted by Crippen LogP contribution is 2.37. The Morgan fingerprint density at radius 2 is 1.63 bits per heavy atom. The van der Waals surface area contributed by atoms with E-state index in [-0.39, 0.29) is 6.42 Å². The van der Waals surface area contributed by atoms with Gasteiger partial charge in [-0.15, -0.1) is 0 Å². The summed E-state index contributed by atoms with van der Waals surface area (Å²) in [5.41, 5.74) is 15.2. The molecule has 0 aliphatic carbocycles. The van der Waals surface area contributed by atoms with Gasteiger partial charge in [0.1, 0.15) is 24.4 Å². The number of aryl methyl sites for hydroxylation is 3. The van der Waals surface area contributed by atoms with Crippen LogP contribution in [0.2, 0.25) is 0 Å². The van der Waals surface area contributed by atoms with Crippen molar-refractivity contribution < 1.29 is 30.0 Å². The molecule has 8 bridgehead atoms. The lowest BCUT2D eigenvalue weighted by Gasteiger charge is -2.40. The van der Waals surface area contributed by atoms with Gasteiger partial charge >= 0.3 is 0 Å². The number of aromatic amines is 2. The monoisotopic (exact) mass is 667 g/mol. The van der Waals surface area contributed by atoms with Crippen molar-refractivity contribution in [3.8, 4) is 0 Å². The quantitative estimate of drug-likeness (QED) is 0.191. The summed E-state index contributed by atoms with van der Waals surface area (Å²) in [6.45, 7) is 15.9. The second-order valence-corrected chi connectivity index (χ2v) is 13.1. The Kier molecular flexibility index (Phi) is 9.49. The molecule has 0 aromatic carbocycles. The summed E-state index contributed by atoms with van der Waals surface area (Å²) in [6.07, 6.45) is -0.620. The molecule has 0 saturated carbocycles. The predicted molar refractivity (Wildman–Crippen MR) is 192 cm³/mol. The van der Waals surface area contributed by atoms with Gasteiger partial charge in [-0.1, -0.05) is 19.6 Å². The third-order valence-electron chi connectivity index (χ3n) is 10.1. The summed E-state index contributed by atoms with van der Waals surface area (Å²) >= 11 is 0. The van der Waals surface area contributed by atoms with Crippen LogP contribution in [-0.4, -0.2) is 83.5 Å². The summed E-state index contributed by atoms with van der Waals surface area (Å²) in [5.74, 6) is -0.447. The molecule has 6 heterocycles. The van der Waals surface area contributed by atoms with Crippen LogP contribution in [0.25, 0.3) is 50.9 Å². The van der Waals surface area contributed by atoms with Crippen LogP contribution in [0, 0.1) is 20.8 Å². The Morgan fingerprint density at radius 1 is 0.939 bits per heavy atom. The van der Waals surface area contributed by atoms with E-state index in [1.165, 1.54) is 11.1 Å². The Hall–Kier alpha value is -4.39. The molecule has 3 aliphatic heterocycles. The van der Waals surface area contributed by atoms with Gasteiger partial charge in [0.05, 0.1) is 29.4 Å². The van der Waals surface area contributed by atoms with Gasteiger partial charge < -0.3 is 40.4 Å². The van der Waals surface area contributed by atoms with E-state index < -0.39 is 43.2 Å². The van der Waals surface area contributed by atoms with Crippen LogP contribution in [0.4, 0.5) is 0 Å². The zero-order valence-corrected chi connectivity index (χ0v) is 28.8. The fraction of sp³-hybridized carbons (Fsp3) is 0.395. The van der Waals surface area contributed by atoms with Crippen molar-refractivity contribution in [2.24, 2.45) is 0 Å². The molecule has 0 spiro atoms. The Bertz CT molecular complexity index is 2070. The van der Waals surface area contributed by atoms with Crippen LogP contribution >= 0.6 is 0 Å². The summed E-state index contributed by atoms with van der Waals surface area (Å²) in [6, 6.07) is 5.00. The van der Waals surface area contributed by atoms with E-state index in [2.05, 4.69) is 60.8 Å². The molecule has 49 heavy (non-hydrogen) atoms. The lowest BCUT2D eigenvalue weighted by atomic mass is 9.96. The predicted octanol–water partition coefficient (Wildman–Crippen LogP) is 4.63. The van der Waals surface area contributed by atoms with Crippen LogP contribution in [0.5, 0.6) is 0 Å². The average molecular weight is 668 g/mol. The van der Waals surface area contributed by atoms with Crippen molar-refractivity contribution >= 4 is 56.8 Å². The number of allylic oxidation sites excluding steroid dienone is 3. The molecule has 3 aromatic rings. The summed E-state index contributed by atoms with van der Waals surface area (Å²) in [4.78, 5) is 30.6. The van der Waals surface area contributed by atoms with E-state index in [0.29, 0.717) is 6.42 Å². The first kappa shape index (κ1) is 34.5. The molecule has 1 unspecified atom stereocenters. The SMILES string of the molecule is C=Cc1c(C)c2cc3nc(c(C)c4nc(cc5[nH]c(cc1[nH]2)c(C)c5CC)C(C)=C4)C(CCC(=O)N[C@@H]1C(O)O[C@H](CO)[C@@H](O)[C@@H]1O)=C3C. The number of carbonyl (C=O) groups is 1. The number of nitrogens with zero attached hydrogens (tertiary/aromatic N) is 2. The Morgan fingerprint density at radius 3 is 2.33 bits per heavy atom. The van der Waals surface area contributed by atoms with E-state index in [1.807, 2.05) is 32.9 Å². The van der Waals surface area contributed by atoms with E-state index in [1.54, 1.807) is 0 Å². The van der Waals surface area contributed by atoms with Gasteiger partial charge in [-0.05, 0) is 105 Å². The number of H-pyrrole nitrogens is 2. The van der Waals surface area contributed by atoms with Gasteiger partial charge in [0.15, 0.2) is 6.29 Å². The highest BCUT2D eigenvalue weighted by molar-refractivity contribution is 5.96. The number of aliphatic hydroxyl groups is 4. The van der Waals surface area contributed by atoms with Gasteiger partial charge in [-0.2, -0.15) is 0 Å². The molecule has 0 radical (unpaired) electrons. The van der Waals surface area contributed by atoms with Crippen LogP contribution in [0.3, 0.4) is 0 Å². The standard InChI is InChI=1S/C38H45N5O6/c1-8-22-19(5)28-15-31-23(9-2)18(4)27(40-31)14-29-20(6)24(10-11-33(45)43-35-37(47)36(46)32(16-44)49-38(35)48)34(42-29)21(7)26-12-17(3)25(39-26)13-30(22)41-28/h9,12-15,32,35-38,40-41,44,46-48H,2,8,10-11,16H2,1,3-7H3,(H,43,45)/t32-,35+,36-,37-,38?/m1/s1. The molecule has 3 aliphatic rings. The number of amides is 1. The van der Waals surface area contributed by atoms with Crippen LogP contribution < -0.4 is 5.32 Å². The third-order valence-corrected chi connectivity index (χ3v) is 10.1. The van der Waals surface area contributed by atoms with Crippen molar-refractivity contribution in [1.82, 2.24) is 25.3 Å². The maximum atomic E-state index is 13.2. The first-order valence-electron chi connectivity index (χ1n) is 16.7. The third kappa shape index (κ3) is 6.17. The number of aliphatic hydroxyl groups excluding tert-OH is 4. The van der Waals surface area contributed by atoms with Gasteiger partial charge in [0, 0.05) is 39.6 Å². The Balaban J connectivity index is 1.47. The molecule has 11 nitrogen and oxygen atoms in total. The number of fused-ring (bicyclic) bond motifs is 8. The molecule has 5 atom stereocenters. The van der Waals surface area contributed by atoms with E-state index in [9.17, 15) is 25.2 Å². The second kappa shape index (κ2) is 13.5. The van der Waals surface area contributed by atoms with Crippen molar-refractivity contribution in [3.05, 3.63) is 75.4 Å². The van der Waals surface area contributed by atoms with Crippen molar-refractivity contribution in [1.29, 1.82) is 0 Å². The summed E-state index contributed by atoms with van der Waals surface area (Å²) in [5, 5.41) is 43.2. The first-order valence-corrected chi connectivity index (χ1v) is 16.7. The minimum Gasteiger partial charge on any atom is -0.394 e. The first-order chi connectivity index (χ1) is 23.4. The lowest BCUT2D eigenvalue weighted by molar-refractivity contribution is -0.253. The van der Waals surface area contributed by atoms with E-state index >= 15 is 0 Å². The molecule has 1 fully saturated rings. The van der Waals surface area contributed by atoms with Crippen LogP contribution in [0.15, 0.2) is 24.8 Å². The van der Waals surface area contributed by atoms with Crippen LogP contribution in [-0.2, 0) is 16.0 Å². The number of hydrogen-bond donors (Lipinski definition) is 7. The molecular weight excluding hydrogens is 622 g/mol. The van der Waals surface area contributed by atoms with Gasteiger partial charge in [-0.25, -0.2) is 9.97 Å². The van der Waals surface area contributed by atoms with Gasteiger partial charge in [0.25, 0.3) is 0 Å². The fourth-order valence-corrected chi connectivity index (χ4v) is 7.09. The zero-order chi connectivity index (χ0) is 35.3. The number of rotatable bonds is 7. The minimum atomic E-state index is -1.59. The maximum absolute atomic E-state index is 13.2. The smallest absolute Gasteiger partial charge is 0.220 e. The number of aromatic nitrogens is 4. The van der Waals surface area contributed by atoms with Crippen LogP contribution in [0.1, 0.15) is 84.2 Å². The number of hydrogen-bond acceptors (Lipinski definition) is 8. The van der Waals surface area contributed by atoms with Gasteiger partial charge in [-0.3, -0.25) is 4.79 Å². The molecule has 3 aromatic heterocycles. The molecule has 1 saturated heterocycles. The summed E-state index contributed by atoms with van der Waals surface area (Å²) < 4.78 is 5.21. The molecular formula is C38H45N5O6. The average Bonchev–Trinajstić information content (AvgIpc) is 3.78. The van der Waals surface area contributed by atoms with Gasteiger partial charge in [0.2, 0.25) is 5.91 Å². The molecule has 258 valence electrons. The number of nitrogens with one attached hydrogen (secondary N) is 3.